The maximum absolute atomic E-state index is 12.6. The van der Waals surface area contributed by atoms with E-state index in [4.69, 9.17) is 9.47 Å². The van der Waals surface area contributed by atoms with Crippen LogP contribution in [0.2, 0.25) is 0 Å². The molecule has 1 aromatic carbocycles. The molecule has 36 heavy (non-hydrogen) atoms. The van der Waals surface area contributed by atoms with E-state index in [-0.39, 0.29) is 17.2 Å². The molecule has 0 atom stereocenters. The predicted molar refractivity (Wildman–Crippen MR) is 146 cm³/mol. The number of nitrogens with one attached hydrogen (secondary N) is 1. The number of rotatable bonds is 12. The summed E-state index contributed by atoms with van der Waals surface area (Å²) < 4.78 is 12.2. The average Bonchev–Trinajstić information content (AvgIpc) is 2.85. The van der Waals surface area contributed by atoms with Crippen molar-refractivity contribution in [2.75, 3.05) is 13.2 Å². The lowest BCUT2D eigenvalue weighted by Gasteiger charge is -2.54. The molecule has 0 spiro atoms. The monoisotopic (exact) mass is 493 g/mol. The molecule has 0 bridgehead atoms. The number of nitrogens with zero attached hydrogens (tertiary/aromatic N) is 2. The van der Waals surface area contributed by atoms with Crippen LogP contribution in [0.3, 0.4) is 0 Å². The lowest BCUT2D eigenvalue weighted by molar-refractivity contribution is -0.956. The molecule has 2 aromatic heterocycles. The zero-order valence-corrected chi connectivity index (χ0v) is 22.5. The van der Waals surface area contributed by atoms with Crippen LogP contribution in [0.1, 0.15) is 84.6 Å². The lowest BCUT2D eigenvalue weighted by Crippen LogP contribution is -3.23. The first-order chi connectivity index (χ1) is 17.3. The van der Waals surface area contributed by atoms with E-state index >= 15 is 0 Å². The lowest BCUT2D eigenvalue weighted by atomic mass is 9.80. The van der Waals surface area contributed by atoms with E-state index in [0.717, 1.165) is 60.7 Å². The van der Waals surface area contributed by atoms with E-state index in [0.29, 0.717) is 11.7 Å². The van der Waals surface area contributed by atoms with Crippen LogP contribution < -0.4 is 5.06 Å². The van der Waals surface area contributed by atoms with Crippen molar-refractivity contribution in [2.45, 2.75) is 103 Å². The highest BCUT2D eigenvalue weighted by atomic mass is 16.5. The number of ether oxygens (including phenoxy) is 2. The van der Waals surface area contributed by atoms with Crippen LogP contribution in [0, 0.1) is 5.21 Å². The summed E-state index contributed by atoms with van der Waals surface area (Å²) >= 11 is 0. The van der Waals surface area contributed by atoms with Crippen molar-refractivity contribution in [1.29, 1.82) is 0 Å². The first-order valence-electron chi connectivity index (χ1n) is 13.6. The van der Waals surface area contributed by atoms with Crippen molar-refractivity contribution >= 4 is 21.8 Å². The number of hydrogen-bond donors (Lipinski definition) is 1. The van der Waals surface area contributed by atoms with Gasteiger partial charge in [-0.3, -0.25) is 9.97 Å². The van der Waals surface area contributed by atoms with E-state index < -0.39 is 0 Å². The maximum atomic E-state index is 12.6. The van der Waals surface area contributed by atoms with E-state index in [2.05, 4.69) is 55.9 Å². The molecule has 1 aliphatic heterocycles. The van der Waals surface area contributed by atoms with Crippen molar-refractivity contribution in [3.8, 4) is 0 Å². The highest BCUT2D eigenvalue weighted by Crippen LogP contribution is 2.27. The third-order valence-electron chi connectivity index (χ3n) is 7.57. The van der Waals surface area contributed by atoms with Crippen LogP contribution in [-0.4, -0.2) is 40.4 Å². The molecule has 4 rings (SSSR count). The molecule has 0 saturated carbocycles. The van der Waals surface area contributed by atoms with Gasteiger partial charge in [-0.1, -0.05) is 43.9 Å². The number of aromatic nitrogens is 2. The molecule has 0 aliphatic carbocycles. The molecule has 1 saturated heterocycles. The summed E-state index contributed by atoms with van der Waals surface area (Å²) in [6, 6.07) is 10.3. The predicted octanol–water partition coefficient (Wildman–Crippen LogP) is 5.76. The van der Waals surface area contributed by atoms with E-state index in [1.54, 1.807) is 0 Å². The van der Waals surface area contributed by atoms with Gasteiger partial charge in [-0.25, -0.2) is 0 Å². The summed E-state index contributed by atoms with van der Waals surface area (Å²) in [4.78, 5) is 9.09. The number of fused-ring (bicyclic) bond motifs is 3. The van der Waals surface area contributed by atoms with E-state index in [1.807, 2.05) is 24.5 Å². The van der Waals surface area contributed by atoms with Crippen LogP contribution in [-0.2, 0) is 16.1 Å². The number of benzene rings is 1. The van der Waals surface area contributed by atoms with Crippen LogP contribution in [0.5, 0.6) is 0 Å². The van der Waals surface area contributed by atoms with Gasteiger partial charge in [0.05, 0.1) is 34.8 Å². The minimum atomic E-state index is -0.273. The zero-order chi connectivity index (χ0) is 25.6. The van der Waals surface area contributed by atoms with Gasteiger partial charge in [0.1, 0.15) is 0 Å². The molecule has 1 aliphatic rings. The Balaban J connectivity index is 1.07. The number of piperidine rings is 1. The number of hydrogen-bond acceptors (Lipinski definition) is 5. The molecule has 0 radical (unpaired) electrons. The summed E-state index contributed by atoms with van der Waals surface area (Å²) in [6.07, 6.45) is 12.6. The van der Waals surface area contributed by atoms with Crippen LogP contribution in [0.15, 0.2) is 42.7 Å². The first-order valence-corrected chi connectivity index (χ1v) is 13.6. The molecular weight excluding hydrogens is 450 g/mol. The molecule has 6 nitrogen and oxygen atoms in total. The number of hydroxylamine groups is 2. The normalized spacial score (nSPS) is 21.2. The molecule has 196 valence electrons. The van der Waals surface area contributed by atoms with Gasteiger partial charge in [0, 0.05) is 49.2 Å². The summed E-state index contributed by atoms with van der Waals surface area (Å²) in [5, 5.41) is 15.2. The topological polar surface area (TPSA) is 71.7 Å². The highest BCUT2D eigenvalue weighted by Gasteiger charge is 2.45. The second kappa shape index (κ2) is 12.0. The third kappa shape index (κ3) is 6.60. The zero-order valence-electron chi connectivity index (χ0n) is 22.5. The smallest absolute Gasteiger partial charge is 0.0968 e. The molecule has 0 amide bonds. The van der Waals surface area contributed by atoms with Crippen molar-refractivity contribution in [3.63, 3.8) is 0 Å². The van der Waals surface area contributed by atoms with E-state index in [1.165, 1.54) is 31.2 Å². The Labute approximate surface area is 216 Å². The Bertz CT molecular complexity index is 1110. The summed E-state index contributed by atoms with van der Waals surface area (Å²) in [7, 11) is 0. The Hall–Kier alpha value is -2.12. The van der Waals surface area contributed by atoms with Crippen LogP contribution >= 0.6 is 0 Å². The van der Waals surface area contributed by atoms with Crippen LogP contribution in [0.4, 0.5) is 0 Å². The van der Waals surface area contributed by atoms with Crippen molar-refractivity contribution in [1.82, 2.24) is 9.97 Å². The first kappa shape index (κ1) is 26.9. The minimum absolute atomic E-state index is 0.206. The van der Waals surface area contributed by atoms with E-state index in [9.17, 15) is 5.21 Å². The van der Waals surface area contributed by atoms with Gasteiger partial charge in [-0.05, 0) is 58.2 Å². The standard InChI is InChI=1S/C30H43N3O3/c1-29(2)20-25(21-30(3,4)33(29)34)36-19-10-8-6-5-7-9-18-35-22-24-15-17-32-28-26(24)14-13-23-12-11-16-31-27(23)28/h11-17,25,33H,5-10,18-22H2,1-4H3. The second-order valence-electron chi connectivity index (χ2n) is 11.7. The van der Waals surface area contributed by atoms with Gasteiger partial charge in [0.2, 0.25) is 0 Å². The molecule has 1 N–H and O–H groups in total. The molecule has 1 fully saturated rings. The van der Waals surface area contributed by atoms with Crippen molar-refractivity contribution in [2.24, 2.45) is 0 Å². The molecule has 3 aromatic rings. The summed E-state index contributed by atoms with van der Waals surface area (Å²) in [5.74, 6) is 0. The summed E-state index contributed by atoms with van der Waals surface area (Å²) in [6.45, 7) is 10.5. The van der Waals surface area contributed by atoms with Crippen molar-refractivity contribution in [3.05, 3.63) is 53.5 Å². The number of pyridine rings is 2. The highest BCUT2D eigenvalue weighted by molar-refractivity contribution is 6.03. The number of quaternary nitrogens is 1. The fourth-order valence-electron chi connectivity index (χ4n) is 5.81. The van der Waals surface area contributed by atoms with Gasteiger partial charge in [0.25, 0.3) is 0 Å². The van der Waals surface area contributed by atoms with Gasteiger partial charge in [0.15, 0.2) is 0 Å². The molecule has 6 heteroatoms. The average molecular weight is 494 g/mol. The fraction of sp³-hybridized carbons (Fsp3) is 0.600. The quantitative estimate of drug-likeness (QED) is 0.197. The maximum Gasteiger partial charge on any atom is 0.0968 e. The van der Waals surface area contributed by atoms with Gasteiger partial charge in [-0.2, -0.15) is 0 Å². The summed E-state index contributed by atoms with van der Waals surface area (Å²) in [5.41, 5.74) is 2.52. The second-order valence-corrected chi connectivity index (χ2v) is 11.7. The Morgan fingerprint density at radius 3 is 2.25 bits per heavy atom. The number of unbranched alkanes of at least 4 members (excludes halogenated alkanes) is 5. The Morgan fingerprint density at radius 2 is 1.50 bits per heavy atom. The molecular formula is C30H43N3O3. The fourth-order valence-corrected chi connectivity index (χ4v) is 5.81. The molecule has 3 heterocycles. The largest absolute Gasteiger partial charge is 0.634 e. The van der Waals surface area contributed by atoms with Gasteiger partial charge < -0.3 is 19.7 Å². The van der Waals surface area contributed by atoms with Gasteiger partial charge >= 0.3 is 0 Å². The minimum Gasteiger partial charge on any atom is -0.634 e. The van der Waals surface area contributed by atoms with Gasteiger partial charge in [-0.15, -0.1) is 0 Å². The molecule has 0 unspecified atom stereocenters. The Morgan fingerprint density at radius 1 is 0.833 bits per heavy atom. The SMILES string of the molecule is CC1(C)CC(OCCCCCCCCOCc2ccnc3c2ccc2cccnc23)CC(C)(C)[NH+]1[O-]. The Kier molecular flexibility index (Phi) is 8.94. The van der Waals surface area contributed by atoms with Crippen molar-refractivity contribution < 1.29 is 14.5 Å². The van der Waals surface area contributed by atoms with Crippen LogP contribution in [0.25, 0.3) is 21.8 Å². The third-order valence-corrected chi connectivity index (χ3v) is 7.57.